The summed E-state index contributed by atoms with van der Waals surface area (Å²) in [5, 5.41) is 3.00. The van der Waals surface area contributed by atoms with Crippen LogP contribution in [0.25, 0.3) is 0 Å². The molecule has 1 atom stereocenters. The lowest BCUT2D eigenvalue weighted by Gasteiger charge is -2.16. The number of methoxy groups -OCH3 is 1. The predicted octanol–water partition coefficient (Wildman–Crippen LogP) is 4.63. The topological polar surface area (TPSA) is 38.3 Å². The maximum Gasteiger partial charge on any atom is 0.251 e. The number of amides is 1. The fourth-order valence-corrected chi connectivity index (χ4v) is 2.54. The van der Waals surface area contributed by atoms with Gasteiger partial charge in [0.1, 0.15) is 11.6 Å². The second kappa shape index (κ2) is 6.99. The first-order chi connectivity index (χ1) is 10.4. The molecule has 1 N–H and O–H groups in total. The molecule has 0 spiro atoms. The summed E-state index contributed by atoms with van der Waals surface area (Å²) in [6.45, 7) is 1.71. The maximum absolute atomic E-state index is 13.6. The Morgan fingerprint density at radius 3 is 2.64 bits per heavy atom. The van der Waals surface area contributed by atoms with E-state index >= 15 is 0 Å². The molecule has 0 aliphatic heterocycles. The van der Waals surface area contributed by atoms with E-state index < -0.39 is 11.9 Å². The summed E-state index contributed by atoms with van der Waals surface area (Å²) >= 11 is 11.7. The van der Waals surface area contributed by atoms with Crippen molar-refractivity contribution in [3.05, 3.63) is 63.4 Å². The molecule has 2 rings (SSSR count). The highest BCUT2D eigenvalue weighted by Crippen LogP contribution is 2.28. The number of carbonyl (C=O) groups is 1. The molecule has 0 heterocycles. The van der Waals surface area contributed by atoms with Gasteiger partial charge in [0.15, 0.2) is 0 Å². The molecule has 0 aliphatic rings. The van der Waals surface area contributed by atoms with Crippen molar-refractivity contribution in [2.45, 2.75) is 13.0 Å². The zero-order valence-corrected chi connectivity index (χ0v) is 13.5. The van der Waals surface area contributed by atoms with Gasteiger partial charge in [0.2, 0.25) is 0 Å². The van der Waals surface area contributed by atoms with Crippen molar-refractivity contribution in [1.29, 1.82) is 0 Å². The van der Waals surface area contributed by atoms with Crippen molar-refractivity contribution in [2.75, 3.05) is 7.11 Å². The Labute approximate surface area is 138 Å². The number of carbonyl (C=O) groups excluding carboxylic acids is 1. The standard InChI is InChI=1S/C16H14Cl2FNO2/c1-9(12-7-15(19)14(18)8-13(12)17)20-16(21)10-4-3-5-11(6-10)22-2/h3-9H,1-2H3,(H,20,21)/t9-/m1/s1. The molecule has 0 saturated carbocycles. The molecular formula is C16H14Cl2FNO2. The molecule has 1 amide bonds. The van der Waals surface area contributed by atoms with Crippen molar-refractivity contribution < 1.29 is 13.9 Å². The molecule has 2 aromatic carbocycles. The third-order valence-corrected chi connectivity index (χ3v) is 3.80. The minimum Gasteiger partial charge on any atom is -0.497 e. The molecule has 0 saturated heterocycles. The van der Waals surface area contributed by atoms with Gasteiger partial charge in [-0.3, -0.25) is 4.79 Å². The minimum absolute atomic E-state index is 0.0555. The van der Waals surface area contributed by atoms with Crippen LogP contribution < -0.4 is 10.1 Å². The van der Waals surface area contributed by atoms with Gasteiger partial charge in [-0.05, 0) is 42.8 Å². The van der Waals surface area contributed by atoms with Crippen LogP contribution in [0.3, 0.4) is 0 Å². The highest BCUT2D eigenvalue weighted by Gasteiger charge is 2.16. The highest BCUT2D eigenvalue weighted by molar-refractivity contribution is 6.35. The zero-order chi connectivity index (χ0) is 16.3. The predicted molar refractivity (Wildman–Crippen MR) is 85.3 cm³/mol. The summed E-state index contributed by atoms with van der Waals surface area (Å²) < 4.78 is 18.6. The van der Waals surface area contributed by atoms with Crippen LogP contribution in [0.15, 0.2) is 36.4 Å². The van der Waals surface area contributed by atoms with E-state index in [-0.39, 0.29) is 10.9 Å². The van der Waals surface area contributed by atoms with Crippen molar-refractivity contribution in [2.24, 2.45) is 0 Å². The first-order valence-corrected chi connectivity index (χ1v) is 7.27. The van der Waals surface area contributed by atoms with Gasteiger partial charge >= 0.3 is 0 Å². The first kappa shape index (κ1) is 16.6. The van der Waals surface area contributed by atoms with E-state index in [1.54, 1.807) is 31.2 Å². The van der Waals surface area contributed by atoms with Gasteiger partial charge in [-0.15, -0.1) is 0 Å². The van der Waals surface area contributed by atoms with Crippen LogP contribution in [0.2, 0.25) is 10.0 Å². The number of halogens is 3. The van der Waals surface area contributed by atoms with Gasteiger partial charge in [-0.25, -0.2) is 4.39 Å². The lowest BCUT2D eigenvalue weighted by molar-refractivity contribution is 0.0939. The summed E-state index contributed by atoms with van der Waals surface area (Å²) in [6.07, 6.45) is 0. The molecular weight excluding hydrogens is 328 g/mol. The largest absolute Gasteiger partial charge is 0.497 e. The summed E-state index contributed by atoms with van der Waals surface area (Å²) in [4.78, 5) is 12.2. The normalized spacial score (nSPS) is 11.9. The smallest absolute Gasteiger partial charge is 0.251 e. The Morgan fingerprint density at radius 1 is 1.23 bits per heavy atom. The van der Waals surface area contributed by atoms with E-state index in [0.29, 0.717) is 21.9 Å². The van der Waals surface area contributed by atoms with E-state index in [9.17, 15) is 9.18 Å². The lowest BCUT2D eigenvalue weighted by Crippen LogP contribution is -2.27. The third-order valence-electron chi connectivity index (χ3n) is 3.19. The Balaban J connectivity index is 2.19. The molecule has 0 unspecified atom stereocenters. The second-order valence-electron chi connectivity index (χ2n) is 4.71. The van der Waals surface area contributed by atoms with E-state index in [4.69, 9.17) is 27.9 Å². The molecule has 116 valence electrons. The van der Waals surface area contributed by atoms with E-state index in [1.807, 2.05) is 0 Å². The highest BCUT2D eigenvalue weighted by atomic mass is 35.5. The number of benzene rings is 2. The molecule has 0 fully saturated rings. The van der Waals surface area contributed by atoms with Crippen molar-refractivity contribution in [1.82, 2.24) is 5.32 Å². The van der Waals surface area contributed by atoms with Crippen LogP contribution >= 0.6 is 23.2 Å². The van der Waals surface area contributed by atoms with Crippen LogP contribution in [-0.2, 0) is 0 Å². The van der Waals surface area contributed by atoms with Crippen molar-refractivity contribution >= 4 is 29.1 Å². The molecule has 6 heteroatoms. The average molecular weight is 342 g/mol. The van der Waals surface area contributed by atoms with Gasteiger partial charge in [0.05, 0.1) is 18.2 Å². The third kappa shape index (κ3) is 3.70. The summed E-state index contributed by atoms with van der Waals surface area (Å²) in [5.41, 5.74) is 0.900. The SMILES string of the molecule is COc1cccc(C(=O)N[C@H](C)c2cc(F)c(Cl)cc2Cl)c1. The summed E-state index contributed by atoms with van der Waals surface area (Å²) in [7, 11) is 1.52. The molecule has 0 aromatic heterocycles. The Bertz CT molecular complexity index is 707. The fraction of sp³-hybridized carbons (Fsp3) is 0.188. The Morgan fingerprint density at radius 2 is 1.95 bits per heavy atom. The lowest BCUT2D eigenvalue weighted by atomic mass is 10.1. The van der Waals surface area contributed by atoms with E-state index in [2.05, 4.69) is 5.32 Å². The average Bonchev–Trinajstić information content (AvgIpc) is 2.50. The van der Waals surface area contributed by atoms with E-state index in [0.717, 1.165) is 0 Å². The van der Waals surface area contributed by atoms with Gasteiger partial charge in [-0.2, -0.15) is 0 Å². The number of rotatable bonds is 4. The number of ether oxygens (including phenoxy) is 1. The molecule has 0 aliphatic carbocycles. The summed E-state index contributed by atoms with van der Waals surface area (Å²) in [5.74, 6) is -0.308. The fourth-order valence-electron chi connectivity index (χ4n) is 1.99. The Kier molecular flexibility index (Phi) is 5.27. The van der Waals surface area contributed by atoms with Crippen LogP contribution in [0, 0.1) is 5.82 Å². The van der Waals surface area contributed by atoms with Crippen LogP contribution in [0.4, 0.5) is 4.39 Å². The van der Waals surface area contributed by atoms with Crippen LogP contribution in [0.1, 0.15) is 28.9 Å². The molecule has 0 bridgehead atoms. The van der Waals surface area contributed by atoms with Crippen molar-refractivity contribution in [3.8, 4) is 5.75 Å². The molecule has 3 nitrogen and oxygen atoms in total. The Hall–Kier alpha value is -1.78. The number of hydrogen-bond acceptors (Lipinski definition) is 2. The molecule has 0 radical (unpaired) electrons. The van der Waals surface area contributed by atoms with E-state index in [1.165, 1.54) is 19.2 Å². The van der Waals surface area contributed by atoms with Gasteiger partial charge < -0.3 is 10.1 Å². The first-order valence-electron chi connectivity index (χ1n) is 6.51. The second-order valence-corrected chi connectivity index (χ2v) is 5.53. The quantitative estimate of drug-likeness (QED) is 0.823. The van der Waals surface area contributed by atoms with Crippen LogP contribution in [-0.4, -0.2) is 13.0 Å². The van der Waals surface area contributed by atoms with Crippen LogP contribution in [0.5, 0.6) is 5.75 Å². The summed E-state index contributed by atoms with van der Waals surface area (Å²) in [6, 6.07) is 8.81. The molecule has 22 heavy (non-hydrogen) atoms. The minimum atomic E-state index is -0.580. The maximum atomic E-state index is 13.6. The molecule has 2 aromatic rings. The zero-order valence-electron chi connectivity index (χ0n) is 12.0. The van der Waals surface area contributed by atoms with Gasteiger partial charge in [-0.1, -0.05) is 29.3 Å². The van der Waals surface area contributed by atoms with Gasteiger partial charge in [0.25, 0.3) is 5.91 Å². The van der Waals surface area contributed by atoms with Crippen molar-refractivity contribution in [3.63, 3.8) is 0 Å². The number of hydrogen-bond donors (Lipinski definition) is 1. The number of nitrogens with one attached hydrogen (secondary N) is 1. The van der Waals surface area contributed by atoms with Gasteiger partial charge in [0, 0.05) is 10.6 Å². The monoisotopic (exact) mass is 341 g/mol.